The van der Waals surface area contributed by atoms with Gasteiger partial charge in [0, 0.05) is 12.5 Å². The standard InChI is InChI=1S/C10H17N3O2/c14-6-5-9-12-10(15-13-9)7-11-8-3-1-2-4-8/h8,11,14H,1-7H2. The van der Waals surface area contributed by atoms with Crippen LogP contribution in [0.15, 0.2) is 4.52 Å². The van der Waals surface area contributed by atoms with Gasteiger partial charge >= 0.3 is 0 Å². The minimum Gasteiger partial charge on any atom is -0.396 e. The zero-order chi connectivity index (χ0) is 10.5. The van der Waals surface area contributed by atoms with Crippen molar-refractivity contribution in [3.8, 4) is 0 Å². The van der Waals surface area contributed by atoms with E-state index in [1.54, 1.807) is 0 Å². The first-order chi connectivity index (χ1) is 7.38. The smallest absolute Gasteiger partial charge is 0.240 e. The molecule has 2 rings (SSSR count). The lowest BCUT2D eigenvalue weighted by Gasteiger charge is -2.08. The van der Waals surface area contributed by atoms with Crippen LogP contribution in [0, 0.1) is 0 Å². The van der Waals surface area contributed by atoms with Crippen LogP contribution in [0.5, 0.6) is 0 Å². The molecule has 1 heterocycles. The fraction of sp³-hybridized carbons (Fsp3) is 0.800. The molecule has 84 valence electrons. The zero-order valence-electron chi connectivity index (χ0n) is 8.78. The Bertz CT molecular complexity index is 295. The molecule has 0 spiro atoms. The molecule has 0 atom stereocenters. The van der Waals surface area contributed by atoms with Gasteiger partial charge in [0.25, 0.3) is 0 Å². The van der Waals surface area contributed by atoms with Gasteiger partial charge in [0.2, 0.25) is 5.89 Å². The minimum atomic E-state index is 0.0645. The van der Waals surface area contributed by atoms with Crippen molar-refractivity contribution in [2.45, 2.75) is 44.7 Å². The molecule has 1 aliphatic carbocycles. The van der Waals surface area contributed by atoms with Crippen LogP contribution in [0.25, 0.3) is 0 Å². The highest BCUT2D eigenvalue weighted by Gasteiger charge is 2.15. The summed E-state index contributed by atoms with van der Waals surface area (Å²) in [6, 6.07) is 0.609. The number of aromatic nitrogens is 2. The van der Waals surface area contributed by atoms with Crippen LogP contribution in [0.2, 0.25) is 0 Å². The fourth-order valence-electron chi connectivity index (χ4n) is 1.93. The molecule has 1 aromatic rings. The van der Waals surface area contributed by atoms with E-state index in [1.807, 2.05) is 0 Å². The molecule has 0 amide bonds. The molecule has 0 unspecified atom stereocenters. The van der Waals surface area contributed by atoms with Crippen molar-refractivity contribution in [1.82, 2.24) is 15.5 Å². The van der Waals surface area contributed by atoms with Gasteiger partial charge in [0.15, 0.2) is 5.82 Å². The summed E-state index contributed by atoms with van der Waals surface area (Å²) < 4.78 is 5.04. The van der Waals surface area contributed by atoms with Gasteiger partial charge in [0.05, 0.1) is 13.2 Å². The van der Waals surface area contributed by atoms with E-state index in [0.717, 1.165) is 0 Å². The third kappa shape index (κ3) is 3.00. The molecule has 1 saturated carbocycles. The van der Waals surface area contributed by atoms with E-state index in [4.69, 9.17) is 9.63 Å². The maximum atomic E-state index is 8.69. The van der Waals surface area contributed by atoms with Gasteiger partial charge in [-0.3, -0.25) is 0 Å². The van der Waals surface area contributed by atoms with Crippen molar-refractivity contribution < 1.29 is 9.63 Å². The van der Waals surface area contributed by atoms with Gasteiger partial charge in [-0.25, -0.2) is 0 Å². The van der Waals surface area contributed by atoms with Crippen LogP contribution in [0.1, 0.15) is 37.4 Å². The molecular formula is C10H17N3O2. The summed E-state index contributed by atoms with van der Waals surface area (Å²) in [5.74, 6) is 1.20. The second kappa shape index (κ2) is 5.23. The molecule has 2 N–H and O–H groups in total. The number of hydrogen-bond donors (Lipinski definition) is 2. The Labute approximate surface area is 88.9 Å². The van der Waals surface area contributed by atoms with Crippen molar-refractivity contribution in [2.24, 2.45) is 0 Å². The minimum absolute atomic E-state index is 0.0645. The van der Waals surface area contributed by atoms with Crippen LogP contribution in [-0.4, -0.2) is 27.9 Å². The van der Waals surface area contributed by atoms with E-state index >= 15 is 0 Å². The molecule has 0 aromatic carbocycles. The third-order valence-corrected chi connectivity index (χ3v) is 2.74. The molecule has 5 heteroatoms. The molecule has 15 heavy (non-hydrogen) atoms. The second-order valence-corrected chi connectivity index (χ2v) is 3.94. The summed E-state index contributed by atoms with van der Waals surface area (Å²) in [5.41, 5.74) is 0. The molecule has 0 aliphatic heterocycles. The predicted octanol–water partition coefficient (Wildman–Crippen LogP) is 0.637. The van der Waals surface area contributed by atoms with Gasteiger partial charge in [0.1, 0.15) is 0 Å². The van der Waals surface area contributed by atoms with E-state index in [1.165, 1.54) is 25.7 Å². The highest BCUT2D eigenvalue weighted by molar-refractivity contribution is 4.87. The summed E-state index contributed by atoms with van der Waals surface area (Å²) in [7, 11) is 0. The summed E-state index contributed by atoms with van der Waals surface area (Å²) in [6.45, 7) is 0.706. The maximum Gasteiger partial charge on any atom is 0.240 e. The molecule has 0 radical (unpaired) electrons. The number of rotatable bonds is 5. The Morgan fingerprint density at radius 2 is 2.20 bits per heavy atom. The normalized spacial score (nSPS) is 17.4. The highest BCUT2D eigenvalue weighted by atomic mass is 16.5. The molecular weight excluding hydrogens is 194 g/mol. The van der Waals surface area contributed by atoms with Crippen LogP contribution < -0.4 is 5.32 Å². The number of aliphatic hydroxyl groups is 1. The first kappa shape index (κ1) is 10.6. The van der Waals surface area contributed by atoms with Crippen molar-refractivity contribution in [3.05, 3.63) is 11.7 Å². The van der Waals surface area contributed by atoms with Crippen LogP contribution in [-0.2, 0) is 13.0 Å². The zero-order valence-corrected chi connectivity index (χ0v) is 8.78. The van der Waals surface area contributed by atoms with E-state index in [-0.39, 0.29) is 6.61 Å². The number of aliphatic hydroxyl groups excluding tert-OH is 1. The molecule has 1 aliphatic rings. The van der Waals surface area contributed by atoms with E-state index in [9.17, 15) is 0 Å². The van der Waals surface area contributed by atoms with Crippen molar-refractivity contribution >= 4 is 0 Å². The molecule has 1 aromatic heterocycles. The van der Waals surface area contributed by atoms with Crippen LogP contribution in [0.4, 0.5) is 0 Å². The molecule has 0 bridgehead atoms. The van der Waals surface area contributed by atoms with Gasteiger partial charge in [-0.2, -0.15) is 4.98 Å². The van der Waals surface area contributed by atoms with Crippen LogP contribution in [0.3, 0.4) is 0 Å². The van der Waals surface area contributed by atoms with E-state index in [2.05, 4.69) is 15.5 Å². The van der Waals surface area contributed by atoms with Crippen LogP contribution >= 0.6 is 0 Å². The first-order valence-corrected chi connectivity index (χ1v) is 5.54. The SMILES string of the molecule is OCCc1noc(CNC2CCCC2)n1. The second-order valence-electron chi connectivity index (χ2n) is 3.94. The maximum absolute atomic E-state index is 8.69. The Hall–Kier alpha value is -0.940. The van der Waals surface area contributed by atoms with Gasteiger partial charge < -0.3 is 14.9 Å². The number of nitrogens with zero attached hydrogens (tertiary/aromatic N) is 2. The lowest BCUT2D eigenvalue weighted by atomic mass is 10.2. The van der Waals surface area contributed by atoms with Gasteiger partial charge in [-0.1, -0.05) is 18.0 Å². The topological polar surface area (TPSA) is 71.2 Å². The number of hydrogen-bond acceptors (Lipinski definition) is 5. The van der Waals surface area contributed by atoms with Crippen molar-refractivity contribution in [1.29, 1.82) is 0 Å². The molecule has 5 nitrogen and oxygen atoms in total. The highest BCUT2D eigenvalue weighted by Crippen LogP contribution is 2.17. The Morgan fingerprint density at radius 3 is 2.93 bits per heavy atom. The lowest BCUT2D eigenvalue weighted by molar-refractivity contribution is 0.292. The Kier molecular flexibility index (Phi) is 3.69. The Balaban J connectivity index is 1.77. The quantitative estimate of drug-likeness (QED) is 0.747. The summed E-state index contributed by atoms with van der Waals surface area (Å²) in [6.07, 6.45) is 5.59. The average Bonchev–Trinajstić information content (AvgIpc) is 2.85. The molecule has 0 saturated heterocycles. The predicted molar refractivity (Wildman–Crippen MR) is 54.2 cm³/mol. The molecule has 1 fully saturated rings. The lowest BCUT2D eigenvalue weighted by Crippen LogP contribution is -2.25. The summed E-state index contributed by atoms with van der Waals surface area (Å²) in [4.78, 5) is 4.16. The first-order valence-electron chi connectivity index (χ1n) is 5.54. The van der Waals surface area contributed by atoms with E-state index in [0.29, 0.717) is 30.7 Å². The van der Waals surface area contributed by atoms with Gasteiger partial charge in [-0.15, -0.1) is 0 Å². The Morgan fingerprint density at radius 1 is 1.40 bits per heavy atom. The summed E-state index contributed by atoms with van der Waals surface area (Å²) >= 11 is 0. The number of nitrogens with one attached hydrogen (secondary N) is 1. The largest absolute Gasteiger partial charge is 0.396 e. The third-order valence-electron chi connectivity index (χ3n) is 2.74. The summed E-state index contributed by atoms with van der Waals surface area (Å²) in [5, 5.41) is 15.9. The van der Waals surface area contributed by atoms with Gasteiger partial charge in [-0.05, 0) is 12.8 Å². The fourth-order valence-corrected chi connectivity index (χ4v) is 1.93. The van der Waals surface area contributed by atoms with Crippen molar-refractivity contribution in [3.63, 3.8) is 0 Å². The monoisotopic (exact) mass is 211 g/mol. The average molecular weight is 211 g/mol. The van der Waals surface area contributed by atoms with Crippen molar-refractivity contribution in [2.75, 3.05) is 6.61 Å². The van der Waals surface area contributed by atoms with E-state index < -0.39 is 0 Å².